The highest BCUT2D eigenvalue weighted by molar-refractivity contribution is 9.10. The molecule has 0 aliphatic carbocycles. The fourth-order valence-corrected chi connectivity index (χ4v) is 2.77. The van der Waals surface area contributed by atoms with Crippen molar-refractivity contribution >= 4 is 15.9 Å². The Kier molecular flexibility index (Phi) is 5.08. The fraction of sp³-hybridized carbons (Fsp3) is 0.250. The number of aliphatic hydroxyl groups is 2. The summed E-state index contributed by atoms with van der Waals surface area (Å²) in [4.78, 5) is 0. The fourth-order valence-electron chi connectivity index (χ4n) is 2.28. The lowest BCUT2D eigenvalue weighted by Crippen LogP contribution is -2.37. The van der Waals surface area contributed by atoms with Crippen LogP contribution in [0, 0.1) is 11.6 Å². The van der Waals surface area contributed by atoms with Gasteiger partial charge in [-0.3, -0.25) is 0 Å². The SMILES string of the molecule is OCC(CO)(Cc1ccc(F)cc1Br)c1ccc(F)cc1. The number of hydrogen-bond donors (Lipinski definition) is 2. The summed E-state index contributed by atoms with van der Waals surface area (Å²) in [5.41, 5.74) is 0.433. The average Bonchev–Trinajstić information content (AvgIpc) is 2.48. The molecule has 2 aromatic rings. The number of benzene rings is 2. The van der Waals surface area contributed by atoms with Crippen LogP contribution in [-0.4, -0.2) is 23.4 Å². The van der Waals surface area contributed by atoms with Crippen molar-refractivity contribution in [1.29, 1.82) is 0 Å². The van der Waals surface area contributed by atoms with Gasteiger partial charge in [-0.25, -0.2) is 8.78 Å². The third kappa shape index (κ3) is 3.48. The smallest absolute Gasteiger partial charge is 0.124 e. The Hall–Kier alpha value is -1.30. The summed E-state index contributed by atoms with van der Waals surface area (Å²) in [5.74, 6) is -0.752. The molecule has 0 radical (unpaired) electrons. The zero-order valence-corrected chi connectivity index (χ0v) is 12.8. The lowest BCUT2D eigenvalue weighted by atomic mass is 9.77. The Balaban J connectivity index is 2.40. The predicted molar refractivity (Wildman–Crippen MR) is 80.1 cm³/mol. The topological polar surface area (TPSA) is 40.5 Å². The minimum absolute atomic E-state index is 0.298. The first-order chi connectivity index (χ1) is 10.0. The van der Waals surface area contributed by atoms with E-state index in [1.807, 2.05) is 0 Å². The zero-order valence-electron chi connectivity index (χ0n) is 11.2. The van der Waals surface area contributed by atoms with Gasteiger partial charge in [0.2, 0.25) is 0 Å². The second kappa shape index (κ2) is 6.64. The van der Waals surface area contributed by atoms with E-state index in [1.165, 1.54) is 24.3 Å². The highest BCUT2D eigenvalue weighted by atomic mass is 79.9. The van der Waals surface area contributed by atoms with E-state index in [0.29, 0.717) is 16.5 Å². The standard InChI is InChI=1S/C16H15BrF2O2/c17-15-7-14(19)4-1-11(15)8-16(9-20,10-21)12-2-5-13(18)6-3-12/h1-7,20-21H,8-10H2. The molecule has 0 spiro atoms. The van der Waals surface area contributed by atoms with Crippen LogP contribution in [0.3, 0.4) is 0 Å². The van der Waals surface area contributed by atoms with Crippen molar-refractivity contribution in [3.05, 3.63) is 69.7 Å². The number of hydrogen-bond acceptors (Lipinski definition) is 2. The molecule has 21 heavy (non-hydrogen) atoms. The molecule has 2 nitrogen and oxygen atoms in total. The largest absolute Gasteiger partial charge is 0.395 e. The maximum absolute atomic E-state index is 13.1. The highest BCUT2D eigenvalue weighted by Gasteiger charge is 2.32. The normalized spacial score (nSPS) is 11.7. The van der Waals surface area contributed by atoms with Crippen molar-refractivity contribution < 1.29 is 19.0 Å². The van der Waals surface area contributed by atoms with Crippen LogP contribution in [0.4, 0.5) is 8.78 Å². The molecule has 0 aliphatic heterocycles. The van der Waals surface area contributed by atoms with Crippen LogP contribution in [0.5, 0.6) is 0 Å². The van der Waals surface area contributed by atoms with Crippen LogP contribution in [0.1, 0.15) is 11.1 Å². The van der Waals surface area contributed by atoms with E-state index in [0.717, 1.165) is 5.56 Å². The van der Waals surface area contributed by atoms with Crippen LogP contribution in [0.15, 0.2) is 46.9 Å². The summed E-state index contributed by atoms with van der Waals surface area (Å²) < 4.78 is 26.8. The molecule has 112 valence electrons. The lowest BCUT2D eigenvalue weighted by molar-refractivity contribution is 0.116. The molecule has 0 aromatic heterocycles. The highest BCUT2D eigenvalue weighted by Crippen LogP contribution is 2.31. The second-order valence-electron chi connectivity index (χ2n) is 5.02. The van der Waals surface area contributed by atoms with Gasteiger partial charge in [-0.05, 0) is 41.8 Å². The van der Waals surface area contributed by atoms with Crippen molar-refractivity contribution in [2.75, 3.05) is 13.2 Å². The molecule has 0 fully saturated rings. The van der Waals surface area contributed by atoms with Gasteiger partial charge in [0.15, 0.2) is 0 Å². The van der Waals surface area contributed by atoms with E-state index in [9.17, 15) is 19.0 Å². The van der Waals surface area contributed by atoms with Crippen molar-refractivity contribution in [2.45, 2.75) is 11.8 Å². The minimum atomic E-state index is -0.950. The van der Waals surface area contributed by atoms with Gasteiger partial charge in [-0.1, -0.05) is 34.1 Å². The molecule has 2 aromatic carbocycles. The Morgan fingerprint density at radius 1 is 0.905 bits per heavy atom. The molecule has 2 N–H and O–H groups in total. The van der Waals surface area contributed by atoms with Crippen molar-refractivity contribution in [3.63, 3.8) is 0 Å². The zero-order chi connectivity index (χ0) is 15.5. The molecule has 0 aliphatic rings. The summed E-state index contributed by atoms with van der Waals surface area (Å²) in [6.07, 6.45) is 0.298. The third-order valence-electron chi connectivity index (χ3n) is 3.61. The van der Waals surface area contributed by atoms with Crippen LogP contribution in [-0.2, 0) is 11.8 Å². The molecular weight excluding hydrogens is 342 g/mol. The van der Waals surface area contributed by atoms with E-state index in [2.05, 4.69) is 15.9 Å². The van der Waals surface area contributed by atoms with Crippen LogP contribution in [0.25, 0.3) is 0 Å². The molecule has 0 atom stereocenters. The Labute approximate surface area is 130 Å². The first-order valence-electron chi connectivity index (χ1n) is 6.42. The van der Waals surface area contributed by atoms with Crippen LogP contribution >= 0.6 is 15.9 Å². The van der Waals surface area contributed by atoms with Crippen molar-refractivity contribution in [2.24, 2.45) is 0 Å². The molecule has 0 amide bonds. The molecule has 2 rings (SSSR count). The molecule has 0 saturated carbocycles. The lowest BCUT2D eigenvalue weighted by Gasteiger charge is -2.31. The molecule has 0 unspecified atom stereocenters. The molecule has 0 saturated heterocycles. The van der Waals surface area contributed by atoms with Gasteiger partial charge in [0.1, 0.15) is 11.6 Å². The summed E-state index contributed by atoms with van der Waals surface area (Å²) in [5, 5.41) is 19.5. The molecule has 0 bridgehead atoms. The van der Waals surface area contributed by atoms with E-state index in [-0.39, 0.29) is 24.8 Å². The third-order valence-corrected chi connectivity index (χ3v) is 4.34. The van der Waals surface area contributed by atoms with Gasteiger partial charge in [-0.2, -0.15) is 0 Å². The Bertz CT molecular complexity index is 610. The Morgan fingerprint density at radius 3 is 2.00 bits per heavy atom. The van der Waals surface area contributed by atoms with Gasteiger partial charge < -0.3 is 10.2 Å². The van der Waals surface area contributed by atoms with Crippen molar-refractivity contribution in [3.8, 4) is 0 Å². The van der Waals surface area contributed by atoms with Crippen LogP contribution in [0.2, 0.25) is 0 Å². The first kappa shape index (κ1) is 16.1. The minimum Gasteiger partial charge on any atom is -0.395 e. The summed E-state index contributed by atoms with van der Waals surface area (Å²) in [7, 11) is 0. The first-order valence-corrected chi connectivity index (χ1v) is 7.22. The summed E-state index contributed by atoms with van der Waals surface area (Å²) in [6, 6.07) is 9.91. The molecule has 5 heteroatoms. The van der Waals surface area contributed by atoms with E-state index in [4.69, 9.17) is 0 Å². The van der Waals surface area contributed by atoms with Gasteiger partial charge in [0.05, 0.1) is 13.2 Å². The molecule has 0 heterocycles. The second-order valence-corrected chi connectivity index (χ2v) is 5.87. The van der Waals surface area contributed by atoms with Gasteiger partial charge in [0.25, 0.3) is 0 Å². The number of halogens is 3. The van der Waals surface area contributed by atoms with Gasteiger partial charge >= 0.3 is 0 Å². The molecular formula is C16H15BrF2O2. The maximum atomic E-state index is 13.1. The van der Waals surface area contributed by atoms with Gasteiger partial charge in [0, 0.05) is 9.89 Å². The van der Waals surface area contributed by atoms with E-state index < -0.39 is 5.41 Å². The Morgan fingerprint density at radius 2 is 1.48 bits per heavy atom. The van der Waals surface area contributed by atoms with Gasteiger partial charge in [-0.15, -0.1) is 0 Å². The van der Waals surface area contributed by atoms with Crippen LogP contribution < -0.4 is 0 Å². The quantitative estimate of drug-likeness (QED) is 0.863. The van der Waals surface area contributed by atoms with E-state index in [1.54, 1.807) is 18.2 Å². The summed E-state index contributed by atoms with van der Waals surface area (Å²) >= 11 is 3.28. The summed E-state index contributed by atoms with van der Waals surface area (Å²) in [6.45, 7) is -0.613. The maximum Gasteiger partial charge on any atom is 0.124 e. The number of aliphatic hydroxyl groups excluding tert-OH is 2. The predicted octanol–water partition coefficient (Wildman–Crippen LogP) is 3.19. The average molecular weight is 357 g/mol. The van der Waals surface area contributed by atoms with E-state index >= 15 is 0 Å². The number of rotatable bonds is 5. The van der Waals surface area contributed by atoms with Crippen molar-refractivity contribution in [1.82, 2.24) is 0 Å². The monoisotopic (exact) mass is 356 g/mol.